The summed E-state index contributed by atoms with van der Waals surface area (Å²) in [5.41, 5.74) is 2.44. The van der Waals surface area contributed by atoms with Gasteiger partial charge >= 0.3 is 0 Å². The molecule has 2 fully saturated rings. The Balaban J connectivity index is 1.63. The molecule has 2 aliphatic rings. The molecule has 0 bridgehead atoms. The maximum atomic E-state index is 12.5. The molecule has 1 unspecified atom stereocenters. The number of hydrogen-bond donors (Lipinski definition) is 0. The Morgan fingerprint density at radius 3 is 2.11 bits per heavy atom. The first-order valence-electron chi connectivity index (χ1n) is 9.64. The average Bonchev–Trinajstić information content (AvgIpc) is 3.15. The topological polar surface area (TPSA) is 43.9 Å². The number of hydrogen-bond acceptors (Lipinski definition) is 5. The van der Waals surface area contributed by atoms with Gasteiger partial charge < -0.3 is 0 Å². The standard InChI is InChI=1S/C22H25N3O2S/c1-17(26)20-14-23(12-13-24(20)25-16-28-15-21(25)27)22(18-8-4-2-5-9-18)19-10-6-3-7-11-19/h2-11,20,22H,12-16H2,1H3. The fourth-order valence-electron chi connectivity index (χ4n) is 4.12. The summed E-state index contributed by atoms with van der Waals surface area (Å²) >= 11 is 1.61. The molecule has 2 aliphatic heterocycles. The van der Waals surface area contributed by atoms with Gasteiger partial charge in [-0.2, -0.15) is 0 Å². The van der Waals surface area contributed by atoms with Crippen LogP contribution in [0.5, 0.6) is 0 Å². The van der Waals surface area contributed by atoms with Gasteiger partial charge in [-0.25, -0.2) is 5.01 Å². The van der Waals surface area contributed by atoms with Crippen molar-refractivity contribution in [3.8, 4) is 0 Å². The van der Waals surface area contributed by atoms with E-state index >= 15 is 0 Å². The van der Waals surface area contributed by atoms with Crippen LogP contribution in [0.2, 0.25) is 0 Å². The lowest BCUT2D eigenvalue weighted by Crippen LogP contribution is -2.62. The number of Topliss-reactive ketones (excluding diaryl/α,β-unsaturated/α-hetero) is 1. The van der Waals surface area contributed by atoms with Crippen molar-refractivity contribution in [1.29, 1.82) is 0 Å². The van der Waals surface area contributed by atoms with E-state index in [1.807, 2.05) is 17.1 Å². The molecular weight excluding hydrogens is 370 g/mol. The van der Waals surface area contributed by atoms with Crippen molar-refractivity contribution in [1.82, 2.24) is 14.9 Å². The average molecular weight is 396 g/mol. The number of amides is 1. The van der Waals surface area contributed by atoms with Gasteiger partial charge in [0.25, 0.3) is 0 Å². The number of benzene rings is 2. The molecule has 2 aromatic carbocycles. The van der Waals surface area contributed by atoms with E-state index in [9.17, 15) is 9.59 Å². The predicted octanol–water partition coefficient (Wildman–Crippen LogP) is 2.80. The van der Waals surface area contributed by atoms with Gasteiger partial charge in [0.2, 0.25) is 5.91 Å². The van der Waals surface area contributed by atoms with Gasteiger partial charge in [0.15, 0.2) is 0 Å². The minimum Gasteiger partial charge on any atom is -0.298 e. The minimum atomic E-state index is -0.300. The lowest BCUT2D eigenvalue weighted by atomic mass is 9.95. The van der Waals surface area contributed by atoms with E-state index in [1.165, 1.54) is 11.1 Å². The number of carbonyl (C=O) groups excluding carboxylic acids is 2. The Morgan fingerprint density at radius 2 is 1.61 bits per heavy atom. The fraction of sp³-hybridized carbons (Fsp3) is 0.364. The maximum Gasteiger partial charge on any atom is 0.247 e. The zero-order valence-corrected chi connectivity index (χ0v) is 16.8. The molecule has 0 aromatic heterocycles. The molecule has 0 saturated carbocycles. The molecule has 0 radical (unpaired) electrons. The van der Waals surface area contributed by atoms with Crippen molar-refractivity contribution in [2.45, 2.75) is 19.0 Å². The Hall–Kier alpha value is -2.15. The molecule has 28 heavy (non-hydrogen) atoms. The van der Waals surface area contributed by atoms with Gasteiger partial charge in [-0.3, -0.25) is 19.5 Å². The van der Waals surface area contributed by atoms with E-state index in [4.69, 9.17) is 0 Å². The van der Waals surface area contributed by atoms with Crippen molar-refractivity contribution >= 4 is 23.5 Å². The molecule has 1 amide bonds. The second-order valence-electron chi connectivity index (χ2n) is 7.28. The molecule has 0 spiro atoms. The van der Waals surface area contributed by atoms with Crippen LogP contribution in [-0.2, 0) is 9.59 Å². The smallest absolute Gasteiger partial charge is 0.247 e. The third-order valence-electron chi connectivity index (χ3n) is 5.49. The van der Waals surface area contributed by atoms with Crippen LogP contribution in [0, 0.1) is 0 Å². The van der Waals surface area contributed by atoms with E-state index < -0.39 is 0 Å². The highest BCUT2D eigenvalue weighted by atomic mass is 32.2. The van der Waals surface area contributed by atoms with Gasteiger partial charge in [0.1, 0.15) is 11.8 Å². The Morgan fingerprint density at radius 1 is 1.00 bits per heavy atom. The summed E-state index contributed by atoms with van der Waals surface area (Å²) in [5.74, 6) is 1.35. The van der Waals surface area contributed by atoms with Crippen LogP contribution < -0.4 is 0 Å². The first kappa shape index (κ1) is 19.2. The van der Waals surface area contributed by atoms with Crippen LogP contribution in [0.3, 0.4) is 0 Å². The summed E-state index contributed by atoms with van der Waals surface area (Å²) in [6.45, 7) is 3.71. The summed E-state index contributed by atoms with van der Waals surface area (Å²) in [4.78, 5) is 27.1. The van der Waals surface area contributed by atoms with Crippen molar-refractivity contribution in [2.75, 3.05) is 31.3 Å². The van der Waals surface area contributed by atoms with Gasteiger partial charge in [-0.1, -0.05) is 60.7 Å². The second kappa shape index (κ2) is 8.47. The molecular formula is C22H25N3O2S. The van der Waals surface area contributed by atoms with E-state index in [2.05, 4.69) is 53.4 Å². The summed E-state index contributed by atoms with van der Waals surface area (Å²) in [6.07, 6.45) is 0. The van der Waals surface area contributed by atoms with Crippen LogP contribution >= 0.6 is 11.8 Å². The van der Waals surface area contributed by atoms with Gasteiger partial charge in [-0.15, -0.1) is 11.8 Å². The van der Waals surface area contributed by atoms with Gasteiger partial charge in [0.05, 0.1) is 17.7 Å². The minimum absolute atomic E-state index is 0.0926. The molecule has 6 heteroatoms. The molecule has 2 saturated heterocycles. The molecule has 2 aromatic rings. The number of piperazine rings is 1. The molecule has 0 aliphatic carbocycles. The van der Waals surface area contributed by atoms with Gasteiger partial charge in [0, 0.05) is 19.6 Å². The highest BCUT2D eigenvalue weighted by Gasteiger charge is 2.39. The van der Waals surface area contributed by atoms with E-state index in [0.29, 0.717) is 24.7 Å². The summed E-state index contributed by atoms with van der Waals surface area (Å²) < 4.78 is 0. The van der Waals surface area contributed by atoms with E-state index in [0.717, 1.165) is 6.54 Å². The van der Waals surface area contributed by atoms with Crippen LogP contribution in [0.1, 0.15) is 24.1 Å². The number of thioether (sulfide) groups is 1. The monoisotopic (exact) mass is 395 g/mol. The number of hydrazine groups is 1. The lowest BCUT2D eigenvalue weighted by molar-refractivity contribution is -0.157. The maximum absolute atomic E-state index is 12.5. The highest BCUT2D eigenvalue weighted by molar-refractivity contribution is 8.00. The molecule has 4 rings (SSSR count). The quantitative estimate of drug-likeness (QED) is 0.779. The highest BCUT2D eigenvalue weighted by Crippen LogP contribution is 2.32. The largest absolute Gasteiger partial charge is 0.298 e. The molecule has 2 heterocycles. The lowest BCUT2D eigenvalue weighted by Gasteiger charge is -2.46. The molecule has 5 nitrogen and oxygen atoms in total. The van der Waals surface area contributed by atoms with Gasteiger partial charge in [-0.05, 0) is 18.1 Å². The first-order chi connectivity index (χ1) is 13.6. The van der Waals surface area contributed by atoms with Crippen molar-refractivity contribution in [2.24, 2.45) is 0 Å². The Bertz CT molecular complexity index is 791. The summed E-state index contributed by atoms with van der Waals surface area (Å²) in [6, 6.07) is 20.7. The number of nitrogens with zero attached hydrogens (tertiary/aromatic N) is 3. The number of ketones is 1. The van der Waals surface area contributed by atoms with Crippen molar-refractivity contribution in [3.63, 3.8) is 0 Å². The summed E-state index contributed by atoms with van der Waals surface area (Å²) in [5, 5.41) is 3.77. The Kier molecular flexibility index (Phi) is 5.80. The van der Waals surface area contributed by atoms with Crippen LogP contribution in [0.15, 0.2) is 60.7 Å². The zero-order valence-electron chi connectivity index (χ0n) is 16.0. The Labute approximate surface area is 170 Å². The van der Waals surface area contributed by atoms with E-state index in [1.54, 1.807) is 23.7 Å². The SMILES string of the molecule is CC(=O)C1CN(C(c2ccccc2)c2ccccc2)CCN1N1CSCC1=O. The molecule has 146 valence electrons. The van der Waals surface area contributed by atoms with Crippen molar-refractivity contribution < 1.29 is 9.59 Å². The normalized spacial score (nSPS) is 21.4. The van der Waals surface area contributed by atoms with Crippen molar-refractivity contribution in [3.05, 3.63) is 71.8 Å². The van der Waals surface area contributed by atoms with Crippen LogP contribution in [-0.4, -0.2) is 63.9 Å². The zero-order chi connectivity index (χ0) is 19.5. The molecule has 0 N–H and O–H groups in total. The first-order valence-corrected chi connectivity index (χ1v) is 10.8. The third kappa shape index (κ3) is 3.85. The molecule has 1 atom stereocenters. The van der Waals surface area contributed by atoms with Crippen LogP contribution in [0.25, 0.3) is 0 Å². The number of rotatable bonds is 5. The third-order valence-corrected chi connectivity index (χ3v) is 6.36. The van der Waals surface area contributed by atoms with Crippen LogP contribution in [0.4, 0.5) is 0 Å². The second-order valence-corrected chi connectivity index (χ2v) is 8.23. The van der Waals surface area contributed by atoms with E-state index in [-0.39, 0.29) is 23.8 Å². The predicted molar refractivity (Wildman–Crippen MR) is 112 cm³/mol. The fourth-order valence-corrected chi connectivity index (χ4v) is 5.00. The number of carbonyl (C=O) groups is 2. The summed E-state index contributed by atoms with van der Waals surface area (Å²) in [7, 11) is 0.